The molecule has 6 rings (SSSR count). The molecule has 0 amide bonds. The number of hydrogen-bond acceptors (Lipinski definition) is 6. The maximum Gasteiger partial charge on any atom is 0.0691 e. The highest BCUT2D eigenvalue weighted by Crippen LogP contribution is 2.46. The summed E-state index contributed by atoms with van der Waals surface area (Å²) in [6, 6.07) is 2.51. The van der Waals surface area contributed by atoms with Gasteiger partial charge in [0.1, 0.15) is 0 Å². The van der Waals surface area contributed by atoms with E-state index in [4.69, 9.17) is 30.9 Å². The number of nitriles is 1. The smallest absolute Gasteiger partial charge is 0.0691 e. The van der Waals surface area contributed by atoms with E-state index in [1.807, 2.05) is 0 Å². The summed E-state index contributed by atoms with van der Waals surface area (Å²) < 4.78 is 16.0. The van der Waals surface area contributed by atoms with Crippen LogP contribution in [0.1, 0.15) is 96.3 Å². The van der Waals surface area contributed by atoms with Gasteiger partial charge in [0.05, 0.1) is 11.5 Å². The van der Waals surface area contributed by atoms with E-state index in [9.17, 15) is 0 Å². The third-order valence-electron chi connectivity index (χ3n) is 9.87. The molecular weight excluding hydrogens is 486 g/mol. The molecule has 0 atom stereocenters. The maximum atomic E-state index is 9.11. The van der Waals surface area contributed by atoms with E-state index in [2.05, 4.69) is 6.07 Å². The van der Waals surface area contributed by atoms with E-state index in [1.165, 1.54) is 77.0 Å². The molecule has 3 aliphatic carbocycles. The van der Waals surface area contributed by atoms with E-state index in [-0.39, 0.29) is 17.8 Å². The van der Waals surface area contributed by atoms with E-state index < -0.39 is 0 Å². The van der Waals surface area contributed by atoms with Crippen molar-refractivity contribution in [2.24, 2.45) is 45.5 Å². The molecule has 0 bridgehead atoms. The van der Waals surface area contributed by atoms with Crippen LogP contribution in [0.15, 0.2) is 0 Å². The van der Waals surface area contributed by atoms with Gasteiger partial charge in [-0.3, -0.25) is 0 Å². The third-order valence-corrected chi connectivity index (χ3v) is 9.87. The lowest BCUT2D eigenvalue weighted by atomic mass is 9.76. The molecule has 6 nitrogen and oxygen atoms in total. The molecule has 0 radical (unpaired) electrons. The molecule has 6 aliphatic rings. The lowest BCUT2D eigenvalue weighted by Crippen LogP contribution is -2.37. The fourth-order valence-corrected chi connectivity index (χ4v) is 6.46. The van der Waals surface area contributed by atoms with Crippen molar-refractivity contribution in [3.8, 4) is 6.07 Å². The summed E-state index contributed by atoms with van der Waals surface area (Å²) >= 11 is 0. The topological polar surface area (TPSA) is 104 Å². The number of nitrogens with zero attached hydrogens (tertiary/aromatic N) is 1. The average molecular weight is 540 g/mol. The van der Waals surface area contributed by atoms with Gasteiger partial charge in [-0.15, -0.1) is 12.4 Å². The maximum absolute atomic E-state index is 9.11. The molecule has 0 aromatic carbocycles. The Morgan fingerprint density at radius 3 is 1.19 bits per heavy atom. The van der Waals surface area contributed by atoms with Crippen molar-refractivity contribution in [2.45, 2.75) is 96.3 Å². The lowest BCUT2D eigenvalue weighted by molar-refractivity contribution is 0.0118. The van der Waals surface area contributed by atoms with Gasteiger partial charge in [-0.25, -0.2) is 0 Å². The van der Waals surface area contributed by atoms with Crippen LogP contribution < -0.4 is 11.5 Å². The summed E-state index contributed by atoms with van der Waals surface area (Å²) in [4.78, 5) is 0. The van der Waals surface area contributed by atoms with Crippen LogP contribution in [0.25, 0.3) is 0 Å². The molecule has 214 valence electrons. The minimum Gasteiger partial charge on any atom is -0.381 e. The highest BCUT2D eigenvalue weighted by atomic mass is 35.5. The predicted octanol–water partition coefficient (Wildman–Crippen LogP) is 5.61. The summed E-state index contributed by atoms with van der Waals surface area (Å²) in [5.74, 6) is 2.88. The number of halogens is 1. The Hall–Kier alpha value is -0.420. The molecule has 4 N–H and O–H groups in total. The Morgan fingerprint density at radius 2 is 0.892 bits per heavy atom. The second-order valence-electron chi connectivity index (χ2n) is 13.1. The van der Waals surface area contributed by atoms with E-state index >= 15 is 0 Å². The third kappa shape index (κ3) is 10.2. The van der Waals surface area contributed by atoms with E-state index in [0.717, 1.165) is 89.7 Å². The molecular formula is C30H54ClN3O3. The summed E-state index contributed by atoms with van der Waals surface area (Å²) in [6.45, 7) is 7.06. The zero-order valence-electron chi connectivity index (χ0n) is 23.2. The molecule has 0 spiro atoms. The van der Waals surface area contributed by atoms with Crippen molar-refractivity contribution < 1.29 is 14.2 Å². The summed E-state index contributed by atoms with van der Waals surface area (Å²) in [6.07, 6.45) is 19.1. The molecule has 37 heavy (non-hydrogen) atoms. The van der Waals surface area contributed by atoms with Crippen LogP contribution in [0.5, 0.6) is 0 Å². The minimum absolute atomic E-state index is 0. The Labute approximate surface area is 232 Å². The second kappa shape index (κ2) is 14.8. The molecule has 6 fully saturated rings. The van der Waals surface area contributed by atoms with Crippen LogP contribution in [-0.4, -0.2) is 52.7 Å². The van der Waals surface area contributed by atoms with Gasteiger partial charge < -0.3 is 25.7 Å². The van der Waals surface area contributed by atoms with Crippen LogP contribution in [0.4, 0.5) is 0 Å². The first-order chi connectivity index (χ1) is 17.5. The van der Waals surface area contributed by atoms with Gasteiger partial charge in [-0.1, -0.05) is 38.5 Å². The first-order valence-corrected chi connectivity index (χ1v) is 15.1. The zero-order chi connectivity index (χ0) is 25.3. The SMILES string of the molecule is Cl.N#CC1(CC2CC2)CCOCC1.NCC1(CC2CC2)CCOCC1.NCC1(CC2CC2)CCOCC1. The van der Waals surface area contributed by atoms with Gasteiger partial charge in [-0.2, -0.15) is 5.26 Å². The fraction of sp³-hybridized carbons (Fsp3) is 0.967. The van der Waals surface area contributed by atoms with Gasteiger partial charge in [0.25, 0.3) is 0 Å². The molecule has 0 aromatic heterocycles. The van der Waals surface area contributed by atoms with Crippen LogP contribution in [0, 0.1) is 45.3 Å². The van der Waals surface area contributed by atoms with Crippen LogP contribution in [0.3, 0.4) is 0 Å². The van der Waals surface area contributed by atoms with Crippen LogP contribution in [-0.2, 0) is 14.2 Å². The summed E-state index contributed by atoms with van der Waals surface area (Å²) in [5.41, 5.74) is 12.6. The van der Waals surface area contributed by atoms with E-state index in [0.29, 0.717) is 10.8 Å². The van der Waals surface area contributed by atoms with Crippen molar-refractivity contribution >= 4 is 12.4 Å². The molecule has 3 saturated carbocycles. The average Bonchev–Trinajstić information content (AvgIpc) is 3.77. The van der Waals surface area contributed by atoms with Crippen LogP contribution >= 0.6 is 12.4 Å². The predicted molar refractivity (Wildman–Crippen MR) is 150 cm³/mol. The highest BCUT2D eigenvalue weighted by Gasteiger charge is 2.39. The normalized spacial score (nSPS) is 27.7. The molecule has 3 heterocycles. The molecule has 3 saturated heterocycles. The number of rotatable bonds is 8. The van der Waals surface area contributed by atoms with Crippen molar-refractivity contribution in [3.05, 3.63) is 0 Å². The first kappa shape index (κ1) is 31.1. The quantitative estimate of drug-likeness (QED) is 0.415. The molecule has 0 unspecified atom stereocenters. The van der Waals surface area contributed by atoms with Gasteiger partial charge in [0, 0.05) is 39.6 Å². The Bertz CT molecular complexity index is 649. The highest BCUT2D eigenvalue weighted by molar-refractivity contribution is 5.85. The number of nitrogens with two attached hydrogens (primary N) is 2. The first-order valence-electron chi connectivity index (χ1n) is 15.1. The minimum atomic E-state index is -0.0145. The standard InChI is InChI=1S/2C10H19NO.C10H15NO.ClH/c3*11-8-10(7-9-1-2-9)3-5-12-6-4-10;/h2*9H,1-8,11H2;9H,1-7H2;1H. The molecule has 3 aliphatic heterocycles. The Kier molecular flexibility index (Phi) is 12.5. The second-order valence-corrected chi connectivity index (χ2v) is 13.1. The van der Waals surface area contributed by atoms with Gasteiger partial charge in [0.15, 0.2) is 0 Å². The van der Waals surface area contributed by atoms with Crippen molar-refractivity contribution in [3.63, 3.8) is 0 Å². The molecule has 0 aromatic rings. The van der Waals surface area contributed by atoms with Gasteiger partial charge >= 0.3 is 0 Å². The van der Waals surface area contributed by atoms with Gasteiger partial charge in [0.2, 0.25) is 0 Å². The number of ether oxygens (including phenoxy) is 3. The monoisotopic (exact) mass is 539 g/mol. The van der Waals surface area contributed by atoms with Gasteiger partial charge in [-0.05, 0) is 99.5 Å². The zero-order valence-corrected chi connectivity index (χ0v) is 24.0. The number of hydrogen-bond donors (Lipinski definition) is 2. The Balaban J connectivity index is 0.000000152. The summed E-state index contributed by atoms with van der Waals surface area (Å²) in [7, 11) is 0. The van der Waals surface area contributed by atoms with E-state index in [1.54, 1.807) is 0 Å². The van der Waals surface area contributed by atoms with Crippen LogP contribution in [0.2, 0.25) is 0 Å². The van der Waals surface area contributed by atoms with Crippen molar-refractivity contribution in [2.75, 3.05) is 52.7 Å². The fourth-order valence-electron chi connectivity index (χ4n) is 6.46. The largest absolute Gasteiger partial charge is 0.381 e. The van der Waals surface area contributed by atoms with Crippen molar-refractivity contribution in [1.29, 1.82) is 5.26 Å². The van der Waals surface area contributed by atoms with Crippen molar-refractivity contribution in [1.82, 2.24) is 0 Å². The Morgan fingerprint density at radius 1 is 0.568 bits per heavy atom. The lowest BCUT2D eigenvalue weighted by Gasteiger charge is -2.36. The molecule has 7 heteroatoms. The summed E-state index contributed by atoms with van der Waals surface area (Å²) in [5, 5.41) is 9.11.